The first-order valence-electron chi connectivity index (χ1n) is 4.13. The molecule has 0 heterocycles. The number of hydrogen-bond donors (Lipinski definition) is 1. The first-order chi connectivity index (χ1) is 8.97. The van der Waals surface area contributed by atoms with E-state index in [1.807, 2.05) is 0 Å². The molecule has 12 nitrogen and oxygen atoms in total. The summed E-state index contributed by atoms with van der Waals surface area (Å²) in [5.41, 5.74) is -2.69. The average molecular weight is 310 g/mol. The van der Waals surface area contributed by atoms with Crippen LogP contribution in [0.15, 0.2) is 12.1 Å². The summed E-state index contributed by atoms with van der Waals surface area (Å²) in [5, 5.41) is 28.9. The van der Waals surface area contributed by atoms with E-state index >= 15 is 0 Å². The van der Waals surface area contributed by atoms with Crippen molar-refractivity contribution < 1.29 is 31.8 Å². The summed E-state index contributed by atoms with van der Waals surface area (Å²) in [6.45, 7) is 0. The fraction of sp³-hybridized carbons (Fsp3) is 0. The summed E-state index contributed by atoms with van der Waals surface area (Å²) in [6, 6.07) is 0.945. The zero-order chi connectivity index (χ0) is 16.1. The van der Waals surface area contributed by atoms with Crippen LogP contribution in [0, 0.1) is 31.4 Å². The molecule has 0 aliphatic rings. The number of non-ortho nitro benzene ring substituents is 1. The van der Waals surface area contributed by atoms with Crippen molar-refractivity contribution >= 4 is 27.5 Å². The van der Waals surface area contributed by atoms with Crippen molar-refractivity contribution in [3.05, 3.63) is 43.2 Å². The number of halogens is 1. The minimum atomic E-state index is -4.92. The monoisotopic (exact) mass is 310 g/mol. The standard InChI is InChI=1S/C6H2FN4O4.H2O4S/c7-4-1-3(10(12)13)2-5(11(14)15)6(4)9-8;1-5(2,3)4/h1-2H;(H2,1,2,3,4)/q+1;/p-1. The number of benzene rings is 1. The Morgan fingerprint density at radius 2 is 1.70 bits per heavy atom. The third kappa shape index (κ3) is 5.72. The molecule has 1 rings (SSSR count). The van der Waals surface area contributed by atoms with Crippen LogP contribution in [-0.4, -0.2) is 27.4 Å². The summed E-state index contributed by atoms with van der Waals surface area (Å²) in [6.07, 6.45) is 0. The van der Waals surface area contributed by atoms with Gasteiger partial charge in [-0.15, -0.1) is 0 Å². The Bertz CT molecular complexity index is 688. The molecule has 20 heavy (non-hydrogen) atoms. The second kappa shape index (κ2) is 6.42. The molecule has 0 aliphatic carbocycles. The van der Waals surface area contributed by atoms with Crippen LogP contribution in [0.1, 0.15) is 0 Å². The fourth-order valence-electron chi connectivity index (χ4n) is 0.914. The zero-order valence-corrected chi connectivity index (χ0v) is 9.85. The molecule has 0 spiro atoms. The molecule has 14 heteroatoms. The Labute approximate surface area is 109 Å². The second-order valence-corrected chi connectivity index (χ2v) is 3.69. The molecule has 0 aliphatic heterocycles. The molecular weight excluding hydrogens is 307 g/mol. The number of nitro groups is 2. The van der Waals surface area contributed by atoms with Crippen LogP contribution in [0.5, 0.6) is 0 Å². The Morgan fingerprint density at radius 3 is 2.00 bits per heavy atom. The molecular formula is C6H3FN4O8S. The maximum atomic E-state index is 13.0. The molecule has 0 aromatic heterocycles. The second-order valence-electron chi connectivity index (χ2n) is 2.84. The Hall–Kier alpha value is -2.76. The highest BCUT2D eigenvalue weighted by molar-refractivity contribution is 7.79. The van der Waals surface area contributed by atoms with Crippen LogP contribution in [0.2, 0.25) is 0 Å². The quantitative estimate of drug-likeness (QED) is 0.274. The number of nitro benzene ring substituents is 2. The van der Waals surface area contributed by atoms with E-state index in [1.54, 1.807) is 0 Å². The first-order valence-corrected chi connectivity index (χ1v) is 5.49. The maximum Gasteiger partial charge on any atom is 0.496 e. The van der Waals surface area contributed by atoms with Crippen molar-refractivity contribution in [2.45, 2.75) is 0 Å². The Balaban J connectivity index is 0.000000621. The third-order valence-electron chi connectivity index (χ3n) is 1.54. The van der Waals surface area contributed by atoms with Gasteiger partial charge < -0.3 is 4.55 Å². The van der Waals surface area contributed by atoms with Crippen LogP contribution in [0.3, 0.4) is 0 Å². The Kier molecular flexibility index (Phi) is 5.53. The summed E-state index contributed by atoms with van der Waals surface area (Å²) in [4.78, 5) is 20.9. The van der Waals surface area contributed by atoms with Crippen LogP contribution in [-0.2, 0) is 10.4 Å². The fourth-order valence-corrected chi connectivity index (χ4v) is 0.914. The van der Waals surface area contributed by atoms with Crippen molar-refractivity contribution in [3.8, 4) is 0 Å². The van der Waals surface area contributed by atoms with Crippen molar-refractivity contribution in [1.82, 2.24) is 0 Å². The highest BCUT2D eigenvalue weighted by Gasteiger charge is 2.34. The first kappa shape index (κ1) is 17.2. The molecule has 0 bridgehead atoms. The summed E-state index contributed by atoms with van der Waals surface area (Å²) >= 11 is 0. The van der Waals surface area contributed by atoms with E-state index < -0.39 is 43.1 Å². The van der Waals surface area contributed by atoms with Gasteiger partial charge >= 0.3 is 11.4 Å². The van der Waals surface area contributed by atoms with E-state index in [-0.39, 0.29) is 0 Å². The number of diazo groups is 1. The average Bonchev–Trinajstić information content (AvgIpc) is 2.25. The van der Waals surface area contributed by atoms with Gasteiger partial charge in [-0.25, -0.2) is 8.42 Å². The molecule has 0 fully saturated rings. The SMILES string of the molecule is N#[N+]c1c(F)cc([N+](=O)[O-])cc1[N+](=O)[O-].O=S(=O)([O-])O. The number of nitrogens with zero attached hydrogens (tertiary/aromatic N) is 4. The van der Waals surface area contributed by atoms with Gasteiger partial charge in [0.15, 0.2) is 4.98 Å². The smallest absolute Gasteiger partial charge is 0.496 e. The topological polar surface area (TPSA) is 192 Å². The van der Waals surface area contributed by atoms with Crippen molar-refractivity contribution in [3.63, 3.8) is 0 Å². The van der Waals surface area contributed by atoms with E-state index in [0.29, 0.717) is 12.1 Å². The van der Waals surface area contributed by atoms with Crippen LogP contribution >= 0.6 is 0 Å². The third-order valence-corrected chi connectivity index (χ3v) is 1.54. The van der Waals surface area contributed by atoms with Gasteiger partial charge in [0.25, 0.3) is 5.69 Å². The summed E-state index contributed by atoms with van der Waals surface area (Å²) in [5.74, 6) is -1.33. The molecule has 0 saturated carbocycles. The zero-order valence-electron chi connectivity index (χ0n) is 9.03. The van der Waals surface area contributed by atoms with E-state index in [0.717, 1.165) is 0 Å². The lowest BCUT2D eigenvalue weighted by Gasteiger charge is -1.90. The molecule has 108 valence electrons. The van der Waals surface area contributed by atoms with Crippen molar-refractivity contribution in [2.75, 3.05) is 0 Å². The maximum absolute atomic E-state index is 13.0. The molecule has 0 radical (unpaired) electrons. The van der Waals surface area contributed by atoms with Crippen LogP contribution in [0.4, 0.5) is 21.5 Å². The largest absolute Gasteiger partial charge is 0.726 e. The van der Waals surface area contributed by atoms with Crippen molar-refractivity contribution in [1.29, 1.82) is 5.39 Å². The van der Waals surface area contributed by atoms with Crippen molar-refractivity contribution in [2.24, 2.45) is 0 Å². The molecule has 0 unspecified atom stereocenters. The van der Waals surface area contributed by atoms with Gasteiger partial charge in [0.2, 0.25) is 21.6 Å². The molecule has 0 saturated heterocycles. The van der Waals surface area contributed by atoms with Gasteiger partial charge in [-0.1, -0.05) is 0 Å². The van der Waals surface area contributed by atoms with Crippen LogP contribution in [0.25, 0.3) is 4.98 Å². The lowest BCUT2D eigenvalue weighted by molar-refractivity contribution is -0.393. The number of rotatable bonds is 2. The Morgan fingerprint density at radius 1 is 1.25 bits per heavy atom. The molecule has 0 amide bonds. The molecule has 1 N–H and O–H groups in total. The predicted octanol–water partition coefficient (Wildman–Crippen LogP) is 1.13. The highest BCUT2D eigenvalue weighted by atomic mass is 32.3. The van der Waals surface area contributed by atoms with Gasteiger partial charge in [0.1, 0.15) is 6.07 Å². The van der Waals surface area contributed by atoms with E-state index in [9.17, 15) is 24.6 Å². The minimum absolute atomic E-state index is 0.433. The normalized spacial score (nSPS) is 9.90. The van der Waals surface area contributed by atoms with Crippen LogP contribution < -0.4 is 0 Å². The lowest BCUT2D eigenvalue weighted by Crippen LogP contribution is -1.94. The summed E-state index contributed by atoms with van der Waals surface area (Å²) < 4.78 is 45.8. The molecule has 0 atom stereocenters. The van der Waals surface area contributed by atoms with E-state index in [1.165, 1.54) is 0 Å². The summed E-state index contributed by atoms with van der Waals surface area (Å²) in [7, 11) is -4.92. The molecule has 1 aromatic carbocycles. The predicted molar refractivity (Wildman–Crippen MR) is 56.8 cm³/mol. The van der Waals surface area contributed by atoms with Gasteiger partial charge in [-0.3, -0.25) is 24.8 Å². The van der Waals surface area contributed by atoms with Gasteiger partial charge in [0, 0.05) is 0 Å². The van der Waals surface area contributed by atoms with Gasteiger partial charge in [-0.2, -0.15) is 4.39 Å². The highest BCUT2D eigenvalue weighted by Crippen LogP contribution is 2.34. The van der Waals surface area contributed by atoms with E-state index in [4.69, 9.17) is 22.9 Å². The van der Waals surface area contributed by atoms with Gasteiger partial charge in [-0.05, 0) is 0 Å². The number of hydrogen-bond acceptors (Lipinski definition) is 8. The van der Waals surface area contributed by atoms with Gasteiger partial charge in [0.05, 0.1) is 15.9 Å². The van der Waals surface area contributed by atoms with E-state index in [2.05, 4.69) is 4.98 Å². The molecule has 1 aromatic rings. The lowest BCUT2D eigenvalue weighted by atomic mass is 10.2. The minimum Gasteiger partial charge on any atom is -0.726 e.